The molecule has 3 unspecified atom stereocenters. The molecule has 0 aliphatic carbocycles. The van der Waals surface area contributed by atoms with E-state index in [0.717, 1.165) is 6.07 Å². The molecule has 4 rings (SSSR count). The summed E-state index contributed by atoms with van der Waals surface area (Å²) in [6, 6.07) is 8.25. The SMILES string of the molecule is COc1cc(F)c(F)c(N2CCC(Oc3ccc(N4N=C(C(F)(F)F)C(C)[C@@H]4CC=O)cc3)C(C)C2)c1. The van der Waals surface area contributed by atoms with E-state index in [-0.39, 0.29) is 29.9 Å². The third-order valence-corrected chi connectivity index (χ3v) is 6.94. The lowest BCUT2D eigenvalue weighted by Crippen LogP contribution is -2.44. The number of aldehydes is 1. The maximum atomic E-state index is 14.4. The van der Waals surface area contributed by atoms with Crippen molar-refractivity contribution >= 4 is 23.4 Å². The Morgan fingerprint density at radius 3 is 2.41 bits per heavy atom. The van der Waals surface area contributed by atoms with Crippen LogP contribution in [0, 0.1) is 23.5 Å². The van der Waals surface area contributed by atoms with E-state index in [9.17, 15) is 26.7 Å². The van der Waals surface area contributed by atoms with E-state index in [4.69, 9.17) is 9.47 Å². The van der Waals surface area contributed by atoms with E-state index in [1.807, 2.05) is 6.92 Å². The Balaban J connectivity index is 1.44. The average Bonchev–Trinajstić information content (AvgIpc) is 3.19. The largest absolute Gasteiger partial charge is 0.497 e. The van der Waals surface area contributed by atoms with Crippen LogP contribution in [-0.4, -0.2) is 50.5 Å². The quantitative estimate of drug-likeness (QED) is 0.348. The summed E-state index contributed by atoms with van der Waals surface area (Å²) in [5, 5.41) is 5.03. The second kappa shape index (κ2) is 10.5. The smallest absolute Gasteiger partial charge is 0.431 e. The maximum Gasteiger partial charge on any atom is 0.431 e. The summed E-state index contributed by atoms with van der Waals surface area (Å²) >= 11 is 0. The monoisotopic (exact) mass is 525 g/mol. The van der Waals surface area contributed by atoms with Crippen molar-refractivity contribution in [2.45, 2.75) is 45.0 Å². The molecule has 2 aliphatic rings. The minimum atomic E-state index is -4.58. The molecule has 2 aromatic rings. The number of halogens is 5. The number of rotatable bonds is 7. The number of piperidine rings is 1. The van der Waals surface area contributed by atoms with E-state index < -0.39 is 35.5 Å². The van der Waals surface area contributed by atoms with Crippen molar-refractivity contribution in [1.82, 2.24) is 0 Å². The van der Waals surface area contributed by atoms with Crippen LogP contribution >= 0.6 is 0 Å². The fourth-order valence-corrected chi connectivity index (χ4v) is 4.91. The second-order valence-corrected chi connectivity index (χ2v) is 9.39. The van der Waals surface area contributed by atoms with Crippen LogP contribution in [0.3, 0.4) is 0 Å². The summed E-state index contributed by atoms with van der Waals surface area (Å²) in [6.45, 7) is 4.23. The highest BCUT2D eigenvalue weighted by Crippen LogP contribution is 2.37. The normalized spacial score (nSPS) is 24.2. The number of carbonyl (C=O) groups excluding carboxylic acids is 1. The van der Waals surface area contributed by atoms with E-state index in [0.29, 0.717) is 37.2 Å². The van der Waals surface area contributed by atoms with Gasteiger partial charge in [0.15, 0.2) is 11.6 Å². The van der Waals surface area contributed by atoms with Crippen molar-refractivity contribution in [2.24, 2.45) is 16.9 Å². The molecule has 0 bridgehead atoms. The van der Waals surface area contributed by atoms with E-state index in [2.05, 4.69) is 5.10 Å². The lowest BCUT2D eigenvalue weighted by Gasteiger charge is -2.38. The van der Waals surface area contributed by atoms with Gasteiger partial charge in [-0.05, 0) is 24.3 Å². The molecule has 0 aromatic heterocycles. The third kappa shape index (κ3) is 5.50. The van der Waals surface area contributed by atoms with Gasteiger partial charge in [-0.1, -0.05) is 13.8 Å². The molecule has 4 atom stereocenters. The fourth-order valence-electron chi connectivity index (χ4n) is 4.91. The molecule has 1 saturated heterocycles. The molecule has 0 saturated carbocycles. The molecule has 6 nitrogen and oxygen atoms in total. The van der Waals surface area contributed by atoms with Crippen molar-refractivity contribution in [3.8, 4) is 11.5 Å². The van der Waals surface area contributed by atoms with Crippen LogP contribution in [0.5, 0.6) is 11.5 Å². The Morgan fingerprint density at radius 2 is 1.81 bits per heavy atom. The van der Waals surface area contributed by atoms with Gasteiger partial charge in [-0.3, -0.25) is 5.01 Å². The van der Waals surface area contributed by atoms with Gasteiger partial charge in [0.05, 0.1) is 24.5 Å². The van der Waals surface area contributed by atoms with E-state index in [1.165, 1.54) is 25.1 Å². The Bertz CT molecular complexity index is 1160. The summed E-state index contributed by atoms with van der Waals surface area (Å²) < 4.78 is 79.7. The molecule has 0 amide bonds. The Labute approximate surface area is 211 Å². The molecule has 2 aliphatic heterocycles. The molecule has 1 fully saturated rings. The minimum Gasteiger partial charge on any atom is -0.497 e. The average molecular weight is 526 g/mol. The lowest BCUT2D eigenvalue weighted by atomic mass is 9.95. The lowest BCUT2D eigenvalue weighted by molar-refractivity contribution is -0.108. The highest BCUT2D eigenvalue weighted by Gasteiger charge is 2.48. The van der Waals surface area contributed by atoms with Gasteiger partial charge in [-0.25, -0.2) is 8.78 Å². The first-order valence-electron chi connectivity index (χ1n) is 12.0. The van der Waals surface area contributed by atoms with Crippen LogP contribution in [0.15, 0.2) is 41.5 Å². The van der Waals surface area contributed by atoms with Gasteiger partial charge in [0.25, 0.3) is 0 Å². The Morgan fingerprint density at radius 1 is 1.11 bits per heavy atom. The first-order chi connectivity index (χ1) is 17.5. The molecular formula is C26H28F5N3O3. The zero-order valence-electron chi connectivity index (χ0n) is 20.6. The number of methoxy groups -OCH3 is 1. The Kier molecular flexibility index (Phi) is 7.61. The van der Waals surface area contributed by atoms with Gasteiger partial charge in [-0.15, -0.1) is 0 Å². The number of hydrazone groups is 1. The second-order valence-electron chi connectivity index (χ2n) is 9.39. The molecule has 0 N–H and O–H groups in total. The van der Waals surface area contributed by atoms with Gasteiger partial charge in [0.1, 0.15) is 29.6 Å². The number of ether oxygens (including phenoxy) is 2. The van der Waals surface area contributed by atoms with Crippen molar-refractivity contribution in [1.29, 1.82) is 0 Å². The predicted molar refractivity (Wildman–Crippen MR) is 129 cm³/mol. The van der Waals surface area contributed by atoms with Gasteiger partial charge < -0.3 is 19.2 Å². The molecular weight excluding hydrogens is 497 g/mol. The summed E-state index contributed by atoms with van der Waals surface area (Å²) in [6.07, 6.45) is -3.73. The van der Waals surface area contributed by atoms with E-state index in [1.54, 1.807) is 29.2 Å². The van der Waals surface area contributed by atoms with Crippen LogP contribution in [0.25, 0.3) is 0 Å². The van der Waals surface area contributed by atoms with Gasteiger partial charge >= 0.3 is 6.18 Å². The number of carbonyl (C=O) groups is 1. The highest BCUT2D eigenvalue weighted by atomic mass is 19.4. The standard InChI is InChI=1S/C26H28F5N3O3/c1-15-14-33(22-13-19(36-3)12-20(27)24(22)28)10-8-23(15)37-18-6-4-17(5-7-18)34-21(9-11-35)16(2)25(32-34)26(29,30)31/h4-7,11-13,15-16,21,23H,8-10,14H2,1-3H3/t15?,16?,21-,23?/m0/s1. The van der Waals surface area contributed by atoms with Crippen LogP contribution in [0.1, 0.15) is 26.7 Å². The van der Waals surface area contributed by atoms with Gasteiger partial charge in [-0.2, -0.15) is 18.3 Å². The number of nitrogens with zero attached hydrogens (tertiary/aromatic N) is 3. The first kappa shape index (κ1) is 26.7. The highest BCUT2D eigenvalue weighted by molar-refractivity contribution is 5.95. The van der Waals surface area contributed by atoms with Crippen molar-refractivity contribution in [3.05, 3.63) is 48.0 Å². The Hall–Kier alpha value is -3.37. The summed E-state index contributed by atoms with van der Waals surface area (Å²) in [4.78, 5) is 12.9. The number of benzene rings is 2. The van der Waals surface area contributed by atoms with Crippen molar-refractivity contribution in [3.63, 3.8) is 0 Å². The minimum absolute atomic E-state index is 0.0302. The topological polar surface area (TPSA) is 54.4 Å². The third-order valence-electron chi connectivity index (χ3n) is 6.94. The predicted octanol–water partition coefficient (Wildman–Crippen LogP) is 5.60. The number of alkyl halides is 3. The van der Waals surface area contributed by atoms with Crippen LogP contribution in [0.4, 0.5) is 33.3 Å². The summed E-state index contributed by atoms with van der Waals surface area (Å²) in [5.74, 6) is -2.13. The summed E-state index contributed by atoms with van der Waals surface area (Å²) in [5.41, 5.74) is -0.355. The number of anilines is 2. The number of hydrogen-bond donors (Lipinski definition) is 0. The van der Waals surface area contributed by atoms with Crippen molar-refractivity contribution in [2.75, 3.05) is 30.1 Å². The molecule has 2 heterocycles. The maximum absolute atomic E-state index is 14.4. The zero-order valence-corrected chi connectivity index (χ0v) is 20.6. The summed E-state index contributed by atoms with van der Waals surface area (Å²) in [7, 11) is 1.39. The molecule has 0 radical (unpaired) electrons. The van der Waals surface area contributed by atoms with Gasteiger partial charge in [0, 0.05) is 49.9 Å². The molecule has 200 valence electrons. The molecule has 11 heteroatoms. The molecule has 2 aromatic carbocycles. The van der Waals surface area contributed by atoms with Crippen LogP contribution in [-0.2, 0) is 4.79 Å². The fraction of sp³-hybridized carbons (Fsp3) is 0.462. The van der Waals surface area contributed by atoms with Crippen molar-refractivity contribution < 1.29 is 36.2 Å². The van der Waals surface area contributed by atoms with E-state index >= 15 is 0 Å². The molecule has 0 spiro atoms. The van der Waals surface area contributed by atoms with Crippen LogP contribution in [0.2, 0.25) is 0 Å². The number of hydrogen-bond acceptors (Lipinski definition) is 6. The zero-order chi connectivity index (χ0) is 26.9. The van der Waals surface area contributed by atoms with Gasteiger partial charge in [0.2, 0.25) is 0 Å². The molecule has 37 heavy (non-hydrogen) atoms. The van der Waals surface area contributed by atoms with Crippen LogP contribution < -0.4 is 19.4 Å². The first-order valence-corrected chi connectivity index (χ1v) is 12.0.